The summed E-state index contributed by atoms with van der Waals surface area (Å²) in [6.45, 7) is -4.24. The summed E-state index contributed by atoms with van der Waals surface area (Å²) in [5, 5.41) is 21.3. The third-order valence-corrected chi connectivity index (χ3v) is 9.11. The highest BCUT2D eigenvalue weighted by Crippen LogP contribution is 2.74. The smallest absolute Gasteiger partial charge is 0.382 e. The summed E-state index contributed by atoms with van der Waals surface area (Å²) in [5.41, 5.74) is -7.63. The van der Waals surface area contributed by atoms with E-state index >= 15 is 4.39 Å². The molecule has 0 bridgehead atoms. The van der Waals surface area contributed by atoms with E-state index in [1.807, 2.05) is 4.98 Å². The molecule has 2 fully saturated rings. The van der Waals surface area contributed by atoms with Crippen LogP contribution in [0.1, 0.15) is 13.2 Å². The highest BCUT2D eigenvalue weighted by molar-refractivity contribution is 8.08. The molecule has 1 saturated heterocycles. The number of aromatic nitrogens is 2. The molecule has 1 aliphatic heterocycles. The zero-order chi connectivity index (χ0) is 23.8. The molecule has 1 saturated carbocycles. The number of ether oxygens (including phenoxy) is 1. The third kappa shape index (κ3) is 4.18. The molecule has 7 N–H and O–H groups in total. The molecule has 0 radical (unpaired) electrons. The second kappa shape index (κ2) is 7.16. The summed E-state index contributed by atoms with van der Waals surface area (Å²) in [6.07, 6.45) is -3.41. The number of rotatable bonds is 7. The molecule has 31 heavy (non-hydrogen) atoms. The van der Waals surface area contributed by atoms with E-state index in [9.17, 15) is 38.7 Å². The minimum atomic E-state index is -5.72. The fourth-order valence-corrected chi connectivity index (χ4v) is 7.34. The maximum absolute atomic E-state index is 15.2. The van der Waals surface area contributed by atoms with E-state index in [2.05, 4.69) is 25.0 Å². The van der Waals surface area contributed by atoms with E-state index in [0.29, 0.717) is 4.57 Å². The van der Waals surface area contributed by atoms with Crippen molar-refractivity contribution in [2.75, 3.05) is 0 Å². The number of halogens is 1. The van der Waals surface area contributed by atoms with Gasteiger partial charge in [-0.15, -0.1) is 0 Å². The molecule has 1 aliphatic carbocycles. The number of alkyl halides is 1. The largest absolute Gasteiger partial charge is 0.488 e. The maximum atomic E-state index is 15.2. The van der Waals surface area contributed by atoms with Crippen molar-refractivity contribution in [2.24, 2.45) is 0 Å². The Hall–Kier alpha value is -0.680. The molecule has 21 heteroatoms. The van der Waals surface area contributed by atoms with Crippen LogP contribution in [-0.4, -0.2) is 62.5 Å². The first-order valence-corrected chi connectivity index (χ1v) is 13.3. The molecule has 2 aliphatic rings. The molecule has 2 heterocycles. The summed E-state index contributed by atoms with van der Waals surface area (Å²) in [4.78, 5) is 61.1. The molecule has 0 amide bonds. The van der Waals surface area contributed by atoms with Crippen LogP contribution in [0.5, 0.6) is 0 Å². The van der Waals surface area contributed by atoms with Gasteiger partial charge in [-0.3, -0.25) is 18.9 Å². The predicted molar refractivity (Wildman–Crippen MR) is 96.3 cm³/mol. The lowest BCUT2D eigenvalue weighted by molar-refractivity contribution is -0.180. The molecule has 176 valence electrons. The molecular formula is C10H14FN2O14P3S. The molecule has 1 aromatic rings. The maximum Gasteiger partial charge on any atom is 0.488 e. The molecule has 3 rings (SSSR count). The quantitative estimate of drug-likeness (QED) is 0.189. The first-order valence-electron chi connectivity index (χ1n) is 7.71. The van der Waals surface area contributed by atoms with Crippen LogP contribution < -0.4 is 11.2 Å². The molecular weight excluding hydrogens is 516 g/mol. The lowest BCUT2D eigenvalue weighted by Gasteiger charge is -2.32. The minimum Gasteiger partial charge on any atom is -0.382 e. The van der Waals surface area contributed by atoms with Crippen LogP contribution in [-0.2, 0) is 38.8 Å². The van der Waals surface area contributed by atoms with Gasteiger partial charge in [-0.1, -0.05) is 0 Å². The normalized spacial score (nSPS) is 38.8. The average molecular weight is 530 g/mol. The van der Waals surface area contributed by atoms with Crippen molar-refractivity contribution in [3.63, 3.8) is 0 Å². The van der Waals surface area contributed by atoms with Crippen molar-refractivity contribution in [3.8, 4) is 0 Å². The highest BCUT2D eigenvalue weighted by atomic mass is 32.5. The van der Waals surface area contributed by atoms with Gasteiger partial charge in [0.1, 0.15) is 5.60 Å². The molecule has 3 unspecified atom stereocenters. The van der Waals surface area contributed by atoms with Crippen LogP contribution in [0.2, 0.25) is 0 Å². The SMILES string of the molecule is C[C@]1(O)[C@H](n2ccc(=O)[nH]c2=O)O[C@]2(F)C(OP(O)(=S)OP(=O)(O)OP(=O)(O)O)[C@]12O. The summed E-state index contributed by atoms with van der Waals surface area (Å²) in [6, 6.07) is 0.842. The highest BCUT2D eigenvalue weighted by Gasteiger charge is 2.95. The predicted octanol–water partition coefficient (Wildman–Crippen LogP) is -1.94. The van der Waals surface area contributed by atoms with Gasteiger partial charge in [0.05, 0.1) is 0 Å². The van der Waals surface area contributed by atoms with Gasteiger partial charge >= 0.3 is 28.1 Å². The van der Waals surface area contributed by atoms with E-state index in [4.69, 9.17) is 14.5 Å². The lowest BCUT2D eigenvalue weighted by atomic mass is 9.95. The number of aromatic amines is 1. The van der Waals surface area contributed by atoms with Gasteiger partial charge < -0.3 is 34.5 Å². The third-order valence-electron chi connectivity index (χ3n) is 4.45. The van der Waals surface area contributed by atoms with Crippen molar-refractivity contribution in [3.05, 3.63) is 33.1 Å². The molecule has 0 spiro atoms. The van der Waals surface area contributed by atoms with Crippen LogP contribution in [0.4, 0.5) is 4.39 Å². The number of fused-ring (bicyclic) bond motifs is 1. The molecule has 16 nitrogen and oxygen atoms in total. The summed E-state index contributed by atoms with van der Waals surface area (Å²) in [7, 11) is -11.3. The fraction of sp³-hybridized carbons (Fsp3) is 0.600. The van der Waals surface area contributed by atoms with Crippen LogP contribution in [0.15, 0.2) is 21.9 Å². The Bertz CT molecular complexity index is 1180. The topological polar surface area (TPSA) is 247 Å². The van der Waals surface area contributed by atoms with Crippen LogP contribution >= 0.6 is 22.4 Å². The minimum absolute atomic E-state index is 0.547. The lowest BCUT2D eigenvalue weighted by Crippen LogP contribution is -2.51. The average Bonchev–Trinajstić information content (AvgIpc) is 2.91. The van der Waals surface area contributed by atoms with Crippen LogP contribution in [0.25, 0.3) is 0 Å². The van der Waals surface area contributed by atoms with Crippen molar-refractivity contribution in [1.82, 2.24) is 9.55 Å². The van der Waals surface area contributed by atoms with Crippen molar-refractivity contribution in [1.29, 1.82) is 0 Å². The number of hydrogen-bond acceptors (Lipinski definition) is 11. The zero-order valence-electron chi connectivity index (χ0n) is 14.8. The number of hydrogen-bond donors (Lipinski definition) is 7. The van der Waals surface area contributed by atoms with Gasteiger partial charge in [0.2, 0.25) is 0 Å². The van der Waals surface area contributed by atoms with Crippen LogP contribution in [0, 0.1) is 0 Å². The standard InChI is InChI=1S/C10H14FN2O14P3S/c1-8(16)6(13-3-2-4(14)12-7(13)15)24-10(11)5(9(8,10)17)25-30(23,31)27-29(21,22)26-28(18,19)20/h2-3,5-6,16-17H,1H3,(H,21,22)(H,23,31)(H,12,14,15)(H2,18,19,20)/t5?,6-,8+,9+,10-,30?/m1/s1. The van der Waals surface area contributed by atoms with Gasteiger partial charge in [-0.05, 0) is 18.7 Å². The van der Waals surface area contributed by atoms with Crippen LogP contribution in [0.3, 0.4) is 0 Å². The number of phosphoric acid groups is 2. The van der Waals surface area contributed by atoms with Crippen molar-refractivity contribution >= 4 is 34.2 Å². The second-order valence-corrected chi connectivity index (χ2v) is 12.4. The Morgan fingerprint density at radius 2 is 1.81 bits per heavy atom. The number of nitrogens with zero attached hydrogens (tertiary/aromatic N) is 1. The van der Waals surface area contributed by atoms with Gasteiger partial charge in [0, 0.05) is 12.3 Å². The van der Waals surface area contributed by atoms with Gasteiger partial charge in [0.25, 0.3) is 11.4 Å². The molecule has 1 aromatic heterocycles. The van der Waals surface area contributed by atoms with E-state index in [1.165, 1.54) is 0 Å². The van der Waals surface area contributed by atoms with E-state index in [-0.39, 0.29) is 0 Å². The van der Waals surface area contributed by atoms with Gasteiger partial charge in [-0.2, -0.15) is 4.31 Å². The Labute approximate surface area is 174 Å². The second-order valence-electron chi connectivity index (χ2n) is 6.62. The van der Waals surface area contributed by atoms with E-state index in [0.717, 1.165) is 19.2 Å². The first-order chi connectivity index (χ1) is 13.8. The van der Waals surface area contributed by atoms with Crippen molar-refractivity contribution in [2.45, 2.75) is 36.3 Å². The Balaban J connectivity index is 1.84. The number of aliphatic hydroxyl groups is 2. The first kappa shape index (κ1) is 25.0. The Morgan fingerprint density at radius 1 is 1.23 bits per heavy atom. The summed E-state index contributed by atoms with van der Waals surface area (Å²) >= 11 is 4.35. The fourth-order valence-electron chi connectivity index (χ4n) is 3.11. The summed E-state index contributed by atoms with van der Waals surface area (Å²) < 4.78 is 54.7. The Morgan fingerprint density at radius 3 is 2.26 bits per heavy atom. The number of nitrogens with one attached hydrogen (secondary N) is 1. The number of H-pyrrole nitrogens is 1. The Kier molecular flexibility index (Phi) is 5.76. The monoisotopic (exact) mass is 530 g/mol. The van der Waals surface area contributed by atoms with E-state index in [1.54, 1.807) is 0 Å². The zero-order valence-corrected chi connectivity index (χ0v) is 18.3. The summed E-state index contributed by atoms with van der Waals surface area (Å²) in [5.74, 6) is -3.34. The van der Waals surface area contributed by atoms with Gasteiger partial charge in [0.15, 0.2) is 17.9 Å². The molecule has 7 atom stereocenters. The van der Waals surface area contributed by atoms with Gasteiger partial charge in [-0.25, -0.2) is 22.6 Å². The van der Waals surface area contributed by atoms with E-state index < -0.39 is 63.0 Å². The molecule has 0 aromatic carbocycles. The van der Waals surface area contributed by atoms with Crippen molar-refractivity contribution < 1.29 is 61.2 Å².